The minimum absolute atomic E-state index is 0.581. The maximum Gasteiger partial charge on any atom is 0.213 e. The van der Waals surface area contributed by atoms with Crippen LogP contribution in [-0.2, 0) is 6.42 Å². The topological polar surface area (TPSA) is 67.4 Å². The summed E-state index contributed by atoms with van der Waals surface area (Å²) in [6, 6.07) is 2.04. The number of thiazole rings is 1. The lowest BCUT2D eigenvalue weighted by molar-refractivity contribution is 0.795. The van der Waals surface area contributed by atoms with E-state index in [1.807, 2.05) is 13.0 Å². The monoisotopic (exact) mass is 205 g/mol. The van der Waals surface area contributed by atoms with Crippen LogP contribution in [0.1, 0.15) is 17.6 Å². The summed E-state index contributed by atoms with van der Waals surface area (Å²) >= 11 is 1.31. The highest BCUT2D eigenvalue weighted by Crippen LogP contribution is 2.16. The van der Waals surface area contributed by atoms with Gasteiger partial charge in [-0.25, -0.2) is 9.97 Å². The molecule has 2 rings (SSSR count). The molecule has 5 nitrogen and oxygen atoms in total. The van der Waals surface area contributed by atoms with Gasteiger partial charge in [-0.2, -0.15) is 15.0 Å². The van der Waals surface area contributed by atoms with Crippen LogP contribution in [0.5, 0.6) is 0 Å². The van der Waals surface area contributed by atoms with Crippen molar-refractivity contribution in [3.8, 4) is 11.2 Å². The van der Waals surface area contributed by atoms with Crippen molar-refractivity contribution in [1.82, 2.24) is 19.7 Å². The molecule has 0 radical (unpaired) electrons. The van der Waals surface area contributed by atoms with Crippen LogP contribution in [-0.4, -0.2) is 19.7 Å². The molecule has 0 spiro atoms. The van der Waals surface area contributed by atoms with Crippen LogP contribution in [0.4, 0.5) is 0 Å². The molecule has 6 heteroatoms. The first kappa shape index (κ1) is 8.84. The summed E-state index contributed by atoms with van der Waals surface area (Å²) in [5.41, 5.74) is 0. The van der Waals surface area contributed by atoms with Crippen molar-refractivity contribution in [2.75, 3.05) is 0 Å². The molecule has 0 aliphatic carbocycles. The molecule has 0 saturated heterocycles. The number of nitrogens with zero attached hydrogens (tertiary/aromatic N) is 5. The number of hydrogen-bond acceptors (Lipinski definition) is 5. The van der Waals surface area contributed by atoms with Gasteiger partial charge in [0.25, 0.3) is 0 Å². The van der Waals surface area contributed by atoms with Crippen LogP contribution < -0.4 is 0 Å². The maximum atomic E-state index is 8.65. The quantitative estimate of drug-likeness (QED) is 0.737. The number of aromatic nitrogens is 4. The zero-order valence-electron chi connectivity index (χ0n) is 7.51. The van der Waals surface area contributed by atoms with Gasteiger partial charge >= 0.3 is 0 Å². The second-order valence-electron chi connectivity index (χ2n) is 2.56. The molecule has 0 unspecified atom stereocenters. The standard InChI is InChI=1S/C8H7N5S/c1-2-7-11-5-12-13(7)8-10-4-6(3-9)14-8/h4-5H,2H2,1H3. The molecule has 70 valence electrons. The Morgan fingerprint density at radius 2 is 2.43 bits per heavy atom. The Morgan fingerprint density at radius 3 is 3.07 bits per heavy atom. The van der Waals surface area contributed by atoms with Crippen molar-refractivity contribution < 1.29 is 0 Å². The minimum Gasteiger partial charge on any atom is -0.225 e. The van der Waals surface area contributed by atoms with Gasteiger partial charge in [-0.1, -0.05) is 18.3 Å². The van der Waals surface area contributed by atoms with Crippen molar-refractivity contribution >= 4 is 11.3 Å². The van der Waals surface area contributed by atoms with E-state index < -0.39 is 0 Å². The highest BCUT2D eigenvalue weighted by molar-refractivity contribution is 7.14. The van der Waals surface area contributed by atoms with Gasteiger partial charge in [0.2, 0.25) is 5.13 Å². The van der Waals surface area contributed by atoms with Crippen molar-refractivity contribution in [3.63, 3.8) is 0 Å². The molecule has 2 aromatic heterocycles. The first-order valence-electron chi connectivity index (χ1n) is 4.10. The molecule has 14 heavy (non-hydrogen) atoms. The van der Waals surface area contributed by atoms with Crippen LogP contribution in [0.15, 0.2) is 12.5 Å². The third-order valence-electron chi connectivity index (χ3n) is 1.72. The first-order chi connectivity index (χ1) is 6.85. The van der Waals surface area contributed by atoms with Gasteiger partial charge in [0.15, 0.2) is 0 Å². The molecule has 0 amide bonds. The largest absolute Gasteiger partial charge is 0.225 e. The van der Waals surface area contributed by atoms with Crippen molar-refractivity contribution in [2.45, 2.75) is 13.3 Å². The Balaban J connectivity index is 2.45. The van der Waals surface area contributed by atoms with E-state index in [9.17, 15) is 0 Å². The fraction of sp³-hybridized carbons (Fsp3) is 0.250. The molecule has 0 aromatic carbocycles. The molecule has 0 aliphatic rings. The predicted octanol–water partition coefficient (Wildman–Crippen LogP) is 1.16. The van der Waals surface area contributed by atoms with Crippen LogP contribution in [0.3, 0.4) is 0 Å². The van der Waals surface area contributed by atoms with Crippen LogP contribution in [0, 0.1) is 11.3 Å². The summed E-state index contributed by atoms with van der Waals surface area (Å²) < 4.78 is 1.66. The molecular weight excluding hydrogens is 198 g/mol. The summed E-state index contributed by atoms with van der Waals surface area (Å²) in [4.78, 5) is 8.76. The van der Waals surface area contributed by atoms with E-state index in [4.69, 9.17) is 5.26 Å². The second kappa shape index (κ2) is 3.55. The van der Waals surface area contributed by atoms with Crippen LogP contribution in [0.25, 0.3) is 5.13 Å². The van der Waals surface area contributed by atoms with Gasteiger partial charge in [0.1, 0.15) is 23.1 Å². The average Bonchev–Trinajstić information content (AvgIpc) is 2.85. The Hall–Kier alpha value is -1.74. The fourth-order valence-corrected chi connectivity index (χ4v) is 1.77. The summed E-state index contributed by atoms with van der Waals surface area (Å²) in [5.74, 6) is 0.851. The molecule has 2 aromatic rings. The molecule has 0 fully saturated rings. The van der Waals surface area contributed by atoms with Gasteiger partial charge in [0.05, 0.1) is 6.20 Å². The molecule has 0 bridgehead atoms. The molecule has 0 atom stereocenters. The summed E-state index contributed by atoms with van der Waals surface area (Å²) in [6.45, 7) is 2.00. The fourth-order valence-electron chi connectivity index (χ4n) is 1.08. The van der Waals surface area contributed by atoms with Gasteiger partial charge in [0, 0.05) is 6.42 Å². The van der Waals surface area contributed by atoms with Gasteiger partial charge < -0.3 is 0 Å². The molecular formula is C8H7N5S. The Bertz CT molecular complexity index is 478. The van der Waals surface area contributed by atoms with E-state index in [2.05, 4.69) is 15.1 Å². The number of hydrogen-bond donors (Lipinski definition) is 0. The summed E-state index contributed by atoms with van der Waals surface area (Å²) in [6.07, 6.45) is 3.83. The minimum atomic E-state index is 0.581. The lowest BCUT2D eigenvalue weighted by Crippen LogP contribution is -2.00. The lowest BCUT2D eigenvalue weighted by atomic mass is 10.5. The van der Waals surface area contributed by atoms with Crippen molar-refractivity contribution in [3.05, 3.63) is 23.2 Å². The van der Waals surface area contributed by atoms with Gasteiger partial charge in [-0.3, -0.25) is 0 Å². The second-order valence-corrected chi connectivity index (χ2v) is 3.57. The maximum absolute atomic E-state index is 8.65. The third-order valence-corrected chi connectivity index (χ3v) is 2.60. The normalized spacial score (nSPS) is 10.0. The van der Waals surface area contributed by atoms with Crippen molar-refractivity contribution in [1.29, 1.82) is 5.26 Å². The molecule has 0 saturated carbocycles. The number of nitriles is 1. The molecule has 0 aliphatic heterocycles. The molecule has 0 N–H and O–H groups in total. The first-order valence-corrected chi connectivity index (χ1v) is 4.92. The Kier molecular flexibility index (Phi) is 2.24. The summed E-state index contributed by atoms with van der Waals surface area (Å²) in [5, 5.41) is 13.4. The van der Waals surface area contributed by atoms with E-state index in [0.717, 1.165) is 12.2 Å². The van der Waals surface area contributed by atoms with E-state index in [0.29, 0.717) is 10.0 Å². The van der Waals surface area contributed by atoms with E-state index in [1.165, 1.54) is 17.7 Å². The average molecular weight is 205 g/mol. The summed E-state index contributed by atoms with van der Waals surface area (Å²) in [7, 11) is 0. The predicted molar refractivity (Wildman–Crippen MR) is 51.1 cm³/mol. The number of rotatable bonds is 2. The van der Waals surface area contributed by atoms with Gasteiger partial charge in [-0.05, 0) is 0 Å². The van der Waals surface area contributed by atoms with Crippen LogP contribution >= 0.6 is 11.3 Å². The SMILES string of the molecule is CCc1ncnn1-c1ncc(C#N)s1. The van der Waals surface area contributed by atoms with E-state index >= 15 is 0 Å². The zero-order valence-corrected chi connectivity index (χ0v) is 8.32. The lowest BCUT2D eigenvalue weighted by Gasteiger charge is -1.97. The van der Waals surface area contributed by atoms with Crippen LogP contribution in [0.2, 0.25) is 0 Å². The highest BCUT2D eigenvalue weighted by Gasteiger charge is 2.08. The molecule has 2 heterocycles. The smallest absolute Gasteiger partial charge is 0.213 e. The van der Waals surface area contributed by atoms with Crippen molar-refractivity contribution in [2.24, 2.45) is 0 Å². The Labute approximate surface area is 84.7 Å². The van der Waals surface area contributed by atoms with E-state index in [1.54, 1.807) is 10.9 Å². The Morgan fingerprint density at radius 1 is 1.57 bits per heavy atom. The highest BCUT2D eigenvalue weighted by atomic mass is 32.1. The number of aryl methyl sites for hydroxylation is 1. The van der Waals surface area contributed by atoms with E-state index in [-0.39, 0.29) is 0 Å². The third kappa shape index (κ3) is 1.38. The zero-order chi connectivity index (χ0) is 9.97. The van der Waals surface area contributed by atoms with Gasteiger partial charge in [-0.15, -0.1) is 0 Å².